The largest absolute Gasteiger partial charge is 0.357 e. The normalized spacial score (nSPS) is 18.7. The van der Waals surface area contributed by atoms with E-state index in [9.17, 15) is 10.1 Å². The molecule has 0 aromatic carbocycles. The molecule has 1 aromatic rings. The van der Waals surface area contributed by atoms with E-state index >= 15 is 0 Å². The summed E-state index contributed by atoms with van der Waals surface area (Å²) in [5, 5.41) is 14.4. The Balaban J connectivity index is 2.52. The number of hydrogen-bond donors (Lipinski definition) is 1. The molecule has 0 saturated carbocycles. The third-order valence-corrected chi connectivity index (χ3v) is 3.70. The van der Waals surface area contributed by atoms with E-state index in [0.29, 0.717) is 10.2 Å². The highest BCUT2D eigenvalue weighted by Crippen LogP contribution is 2.38. The first-order valence-electron chi connectivity index (χ1n) is 5.70. The maximum absolute atomic E-state index is 11.1. The Kier molecular flexibility index (Phi) is 3.54. The van der Waals surface area contributed by atoms with Gasteiger partial charge in [0.15, 0.2) is 0 Å². The quantitative estimate of drug-likeness (QED) is 0.667. The lowest BCUT2D eigenvalue weighted by Crippen LogP contribution is -2.58. The Bertz CT molecular complexity index is 478. The standard InChI is InChI=1S/C11H15BrN4O2/c1-11(2)7-13-3-4-15(11)10-8(12)5-14-6-9(10)16(17)18/h5-6,13H,3-4,7H2,1-2H3. The maximum Gasteiger partial charge on any atom is 0.311 e. The molecule has 2 heterocycles. The van der Waals surface area contributed by atoms with Crippen LogP contribution in [0.1, 0.15) is 13.8 Å². The predicted molar refractivity (Wildman–Crippen MR) is 72.9 cm³/mol. The number of piperazine rings is 1. The first-order chi connectivity index (χ1) is 8.43. The zero-order chi connectivity index (χ0) is 13.3. The molecule has 7 heteroatoms. The van der Waals surface area contributed by atoms with Crippen LogP contribution in [0, 0.1) is 10.1 Å². The topological polar surface area (TPSA) is 71.3 Å². The summed E-state index contributed by atoms with van der Waals surface area (Å²) >= 11 is 3.37. The van der Waals surface area contributed by atoms with Crippen molar-refractivity contribution in [1.82, 2.24) is 10.3 Å². The molecule has 0 unspecified atom stereocenters. The monoisotopic (exact) mass is 314 g/mol. The fourth-order valence-corrected chi connectivity index (χ4v) is 2.75. The van der Waals surface area contributed by atoms with Crippen molar-refractivity contribution >= 4 is 27.3 Å². The van der Waals surface area contributed by atoms with Crippen molar-refractivity contribution in [3.05, 3.63) is 27.0 Å². The van der Waals surface area contributed by atoms with Gasteiger partial charge in [-0.1, -0.05) is 0 Å². The van der Waals surface area contributed by atoms with Crippen LogP contribution in [0.25, 0.3) is 0 Å². The van der Waals surface area contributed by atoms with Gasteiger partial charge in [0.2, 0.25) is 0 Å². The molecule has 0 spiro atoms. The lowest BCUT2D eigenvalue weighted by molar-refractivity contribution is -0.384. The van der Waals surface area contributed by atoms with Crippen molar-refractivity contribution < 1.29 is 4.92 Å². The molecular formula is C11H15BrN4O2. The number of nitro groups is 1. The molecule has 0 bridgehead atoms. The van der Waals surface area contributed by atoms with Crippen molar-refractivity contribution in [3.63, 3.8) is 0 Å². The van der Waals surface area contributed by atoms with E-state index in [4.69, 9.17) is 0 Å². The van der Waals surface area contributed by atoms with Gasteiger partial charge in [0.05, 0.1) is 9.40 Å². The molecule has 0 aliphatic carbocycles. The number of pyridine rings is 1. The average Bonchev–Trinajstić information content (AvgIpc) is 2.29. The minimum Gasteiger partial charge on any atom is -0.357 e. The number of rotatable bonds is 2. The molecular weight excluding hydrogens is 300 g/mol. The van der Waals surface area contributed by atoms with Crippen LogP contribution in [0.15, 0.2) is 16.9 Å². The number of nitrogens with zero attached hydrogens (tertiary/aromatic N) is 3. The SMILES string of the molecule is CC1(C)CNCCN1c1c(Br)cncc1[N+](=O)[O-]. The summed E-state index contributed by atoms with van der Waals surface area (Å²) < 4.78 is 0.659. The van der Waals surface area contributed by atoms with Crippen LogP contribution in [0.2, 0.25) is 0 Å². The third-order valence-electron chi connectivity index (χ3n) is 3.12. The summed E-state index contributed by atoms with van der Waals surface area (Å²) in [6.45, 7) is 6.47. The van der Waals surface area contributed by atoms with Gasteiger partial charge < -0.3 is 10.2 Å². The fraction of sp³-hybridized carbons (Fsp3) is 0.545. The molecule has 1 saturated heterocycles. The molecule has 98 valence electrons. The summed E-state index contributed by atoms with van der Waals surface area (Å²) in [5.41, 5.74) is 0.480. The molecule has 18 heavy (non-hydrogen) atoms. The lowest BCUT2D eigenvalue weighted by Gasteiger charge is -2.44. The van der Waals surface area contributed by atoms with Gasteiger partial charge in [-0.2, -0.15) is 0 Å². The molecule has 0 atom stereocenters. The second kappa shape index (κ2) is 4.81. The van der Waals surface area contributed by atoms with Crippen molar-refractivity contribution in [2.45, 2.75) is 19.4 Å². The van der Waals surface area contributed by atoms with Gasteiger partial charge >= 0.3 is 5.69 Å². The molecule has 1 aromatic heterocycles. The zero-order valence-electron chi connectivity index (χ0n) is 10.3. The summed E-state index contributed by atoms with van der Waals surface area (Å²) in [4.78, 5) is 16.7. The Morgan fingerprint density at radius 3 is 2.89 bits per heavy atom. The van der Waals surface area contributed by atoms with Gasteiger partial charge in [0.1, 0.15) is 11.9 Å². The smallest absolute Gasteiger partial charge is 0.311 e. The van der Waals surface area contributed by atoms with Gasteiger partial charge in [-0.3, -0.25) is 15.1 Å². The maximum atomic E-state index is 11.1. The Morgan fingerprint density at radius 2 is 2.28 bits per heavy atom. The lowest BCUT2D eigenvalue weighted by atomic mass is 9.99. The van der Waals surface area contributed by atoms with E-state index in [2.05, 4.69) is 45.0 Å². The van der Waals surface area contributed by atoms with Crippen LogP contribution < -0.4 is 10.2 Å². The summed E-state index contributed by atoms with van der Waals surface area (Å²) in [6.07, 6.45) is 2.90. The highest BCUT2D eigenvalue weighted by Gasteiger charge is 2.35. The first-order valence-corrected chi connectivity index (χ1v) is 6.49. The van der Waals surface area contributed by atoms with Crippen LogP contribution in [0.5, 0.6) is 0 Å². The molecule has 2 rings (SSSR count). The number of aromatic nitrogens is 1. The van der Waals surface area contributed by atoms with Gasteiger partial charge in [0.25, 0.3) is 0 Å². The summed E-state index contributed by atoms with van der Waals surface area (Å²) in [6, 6.07) is 0. The number of nitrogens with one attached hydrogen (secondary N) is 1. The van der Waals surface area contributed by atoms with E-state index < -0.39 is 0 Å². The highest BCUT2D eigenvalue weighted by atomic mass is 79.9. The minimum absolute atomic E-state index is 0.0411. The highest BCUT2D eigenvalue weighted by molar-refractivity contribution is 9.10. The van der Waals surface area contributed by atoms with E-state index in [1.807, 2.05) is 0 Å². The summed E-state index contributed by atoms with van der Waals surface area (Å²) in [7, 11) is 0. The van der Waals surface area contributed by atoms with Gasteiger partial charge in [0, 0.05) is 31.4 Å². The molecule has 1 N–H and O–H groups in total. The Hall–Kier alpha value is -1.21. The Morgan fingerprint density at radius 1 is 1.56 bits per heavy atom. The van der Waals surface area contributed by atoms with Crippen molar-refractivity contribution in [2.75, 3.05) is 24.5 Å². The second-order valence-corrected chi connectivity index (χ2v) is 5.74. The van der Waals surface area contributed by atoms with E-state index in [-0.39, 0.29) is 16.1 Å². The van der Waals surface area contributed by atoms with E-state index in [1.165, 1.54) is 6.20 Å². The van der Waals surface area contributed by atoms with Crippen LogP contribution in [0.3, 0.4) is 0 Å². The van der Waals surface area contributed by atoms with Gasteiger partial charge in [-0.15, -0.1) is 0 Å². The van der Waals surface area contributed by atoms with E-state index in [0.717, 1.165) is 19.6 Å². The van der Waals surface area contributed by atoms with Crippen molar-refractivity contribution in [3.8, 4) is 0 Å². The fourth-order valence-electron chi connectivity index (χ4n) is 2.22. The molecule has 6 nitrogen and oxygen atoms in total. The number of anilines is 1. The van der Waals surface area contributed by atoms with Gasteiger partial charge in [-0.25, -0.2) is 0 Å². The van der Waals surface area contributed by atoms with Crippen LogP contribution >= 0.6 is 15.9 Å². The van der Waals surface area contributed by atoms with Gasteiger partial charge in [-0.05, 0) is 29.8 Å². The zero-order valence-corrected chi connectivity index (χ0v) is 11.9. The Labute approximate surface area is 114 Å². The molecule has 0 radical (unpaired) electrons. The minimum atomic E-state index is -0.384. The summed E-state index contributed by atoms with van der Waals surface area (Å²) in [5.74, 6) is 0. The second-order valence-electron chi connectivity index (χ2n) is 4.89. The van der Waals surface area contributed by atoms with E-state index in [1.54, 1.807) is 6.20 Å². The third kappa shape index (κ3) is 2.32. The van der Waals surface area contributed by atoms with Crippen LogP contribution in [-0.4, -0.2) is 35.1 Å². The molecule has 1 aliphatic rings. The average molecular weight is 315 g/mol. The molecule has 0 amide bonds. The first kappa shape index (κ1) is 13.2. The van der Waals surface area contributed by atoms with Crippen molar-refractivity contribution in [1.29, 1.82) is 0 Å². The van der Waals surface area contributed by atoms with Crippen molar-refractivity contribution in [2.24, 2.45) is 0 Å². The predicted octanol–water partition coefficient (Wildman–Crippen LogP) is 1.94. The number of halogens is 1. The van der Waals surface area contributed by atoms with Crippen LogP contribution in [-0.2, 0) is 0 Å². The number of hydrogen-bond acceptors (Lipinski definition) is 5. The van der Waals surface area contributed by atoms with Crippen LogP contribution in [0.4, 0.5) is 11.4 Å². The molecule has 1 fully saturated rings. The molecule has 1 aliphatic heterocycles.